The van der Waals surface area contributed by atoms with Gasteiger partial charge in [-0.3, -0.25) is 4.57 Å². The summed E-state index contributed by atoms with van der Waals surface area (Å²) < 4.78 is 26.0. The minimum absolute atomic E-state index is 0.393. The van der Waals surface area contributed by atoms with Gasteiger partial charge in [-0.25, -0.2) is 0 Å². The molecule has 0 radical (unpaired) electrons. The Hall–Kier alpha value is -3.24. The number of rotatable bonds is 12. The fourth-order valence-electron chi connectivity index (χ4n) is 5.60. The van der Waals surface area contributed by atoms with Gasteiger partial charge in [0.2, 0.25) is 5.52 Å². The summed E-state index contributed by atoms with van der Waals surface area (Å²) in [4.78, 5) is 2.51. The van der Waals surface area contributed by atoms with E-state index in [1.54, 1.807) is 0 Å². The van der Waals surface area contributed by atoms with Crippen LogP contribution in [0.1, 0.15) is 48.9 Å². The molecule has 0 bridgehead atoms. The van der Waals surface area contributed by atoms with Gasteiger partial charge in [0.25, 0.3) is 0 Å². The number of aryl methyl sites for hydroxylation is 2. The third-order valence-electron chi connectivity index (χ3n) is 7.43. The molecule has 40 heavy (non-hydrogen) atoms. The molecule has 0 fully saturated rings. The summed E-state index contributed by atoms with van der Waals surface area (Å²) in [6.07, 6.45) is 10.0. The highest BCUT2D eigenvalue weighted by Crippen LogP contribution is 2.48. The maximum atomic E-state index is 12.9. The van der Waals surface area contributed by atoms with Crippen LogP contribution in [0, 0.1) is 0 Å². The molecule has 1 aliphatic rings. The minimum atomic E-state index is -3.03. The molecule has 2 heterocycles. The van der Waals surface area contributed by atoms with Gasteiger partial charge in [-0.1, -0.05) is 60.7 Å². The van der Waals surface area contributed by atoms with Crippen LogP contribution in [0.2, 0.25) is 0 Å². The van der Waals surface area contributed by atoms with Crippen molar-refractivity contribution >= 4 is 36.3 Å². The van der Waals surface area contributed by atoms with Gasteiger partial charge in [0.15, 0.2) is 6.20 Å². The van der Waals surface area contributed by atoms with Crippen molar-refractivity contribution in [2.24, 2.45) is 0 Å². The van der Waals surface area contributed by atoms with Crippen molar-refractivity contribution in [3.05, 3.63) is 107 Å². The number of pyridine rings is 1. The second-order valence-corrected chi connectivity index (χ2v) is 12.4. The molecule has 0 amide bonds. The van der Waals surface area contributed by atoms with Crippen molar-refractivity contribution in [3.8, 4) is 0 Å². The van der Waals surface area contributed by atoms with Crippen molar-refractivity contribution in [3.63, 3.8) is 0 Å². The zero-order chi connectivity index (χ0) is 27.8. The Labute approximate surface area is 238 Å². The zero-order valence-corrected chi connectivity index (χ0v) is 24.6. The van der Waals surface area contributed by atoms with E-state index in [1.165, 1.54) is 39.7 Å². The van der Waals surface area contributed by atoms with Gasteiger partial charge >= 0.3 is 7.60 Å². The lowest BCUT2D eigenvalue weighted by Gasteiger charge is -2.31. The van der Waals surface area contributed by atoms with Crippen LogP contribution in [0.5, 0.6) is 0 Å². The average Bonchev–Trinajstić information content (AvgIpc) is 2.97. The largest absolute Gasteiger partial charge is 0.367 e. The molecule has 0 saturated carbocycles. The Morgan fingerprint density at radius 3 is 2.50 bits per heavy atom. The first-order chi connectivity index (χ1) is 19.6. The molecule has 208 valence electrons. The molecule has 0 saturated heterocycles. The standard InChI is InChI=1S/C34H40N2O3P/c1-3-38-40(37,39-4-2)25-11-23-35-24-21-30(32-15-8-9-16-34(32)35)19-17-28-18-20-33-31(26-28)14-10-22-36(33)27-29-12-6-5-7-13-29/h5-9,12-13,15-21,24,26H,3-4,10-11,14,22-23,25,27H2,1-2H3/q+1. The maximum Gasteiger partial charge on any atom is 0.330 e. The highest BCUT2D eigenvalue weighted by Gasteiger charge is 2.24. The van der Waals surface area contributed by atoms with Crippen LogP contribution in [0.4, 0.5) is 5.69 Å². The van der Waals surface area contributed by atoms with E-state index in [0.717, 1.165) is 38.0 Å². The normalized spacial score (nSPS) is 13.7. The molecule has 0 spiro atoms. The SMILES string of the molecule is CCOP(=O)(CCC[n+]1ccc(C=Cc2ccc3c(c2)CCCN3Cc2ccccc2)c2ccccc21)OCC. The van der Waals surface area contributed by atoms with Crippen LogP contribution in [-0.4, -0.2) is 25.9 Å². The predicted molar refractivity (Wildman–Crippen MR) is 166 cm³/mol. The zero-order valence-electron chi connectivity index (χ0n) is 23.7. The van der Waals surface area contributed by atoms with E-state index < -0.39 is 7.60 Å². The Bertz CT molecular complexity index is 1490. The van der Waals surface area contributed by atoms with Gasteiger partial charge in [-0.2, -0.15) is 4.57 Å². The minimum Gasteiger partial charge on any atom is -0.367 e. The molecule has 5 rings (SSSR count). The summed E-state index contributed by atoms with van der Waals surface area (Å²) in [6, 6.07) is 28.3. The van der Waals surface area contributed by atoms with Crippen LogP contribution in [-0.2, 0) is 33.1 Å². The average molecular weight is 556 g/mol. The summed E-state index contributed by atoms with van der Waals surface area (Å²) in [5.74, 6) is 0. The van der Waals surface area contributed by atoms with Gasteiger partial charge < -0.3 is 13.9 Å². The third-order valence-corrected chi connectivity index (χ3v) is 9.60. The predicted octanol–water partition coefficient (Wildman–Crippen LogP) is 7.91. The summed E-state index contributed by atoms with van der Waals surface area (Å²) in [5, 5.41) is 1.20. The molecule has 0 aliphatic carbocycles. The lowest BCUT2D eigenvalue weighted by molar-refractivity contribution is -0.671. The molecular weight excluding hydrogens is 515 g/mol. The summed E-state index contributed by atoms with van der Waals surface area (Å²) >= 11 is 0. The molecule has 1 aliphatic heterocycles. The van der Waals surface area contributed by atoms with Gasteiger partial charge in [-0.05, 0) is 67.1 Å². The number of hydrogen-bond donors (Lipinski definition) is 0. The first-order valence-electron chi connectivity index (χ1n) is 14.5. The monoisotopic (exact) mass is 555 g/mol. The Kier molecular flexibility index (Phi) is 9.49. The van der Waals surface area contributed by atoms with Crippen molar-refractivity contribution < 1.29 is 18.2 Å². The van der Waals surface area contributed by atoms with E-state index in [2.05, 4.69) is 107 Å². The Balaban J connectivity index is 1.31. The highest BCUT2D eigenvalue weighted by molar-refractivity contribution is 7.53. The number of hydrogen-bond acceptors (Lipinski definition) is 4. The van der Waals surface area contributed by atoms with Gasteiger partial charge in [0.05, 0.1) is 24.8 Å². The summed E-state index contributed by atoms with van der Waals surface area (Å²) in [5.41, 5.74) is 7.71. The molecule has 0 atom stereocenters. The smallest absolute Gasteiger partial charge is 0.330 e. The molecule has 6 heteroatoms. The molecule has 0 unspecified atom stereocenters. The van der Waals surface area contributed by atoms with Crippen LogP contribution >= 0.6 is 7.60 Å². The number of benzene rings is 3. The molecule has 0 N–H and O–H groups in total. The molecule has 5 nitrogen and oxygen atoms in total. The number of aromatic nitrogens is 1. The second kappa shape index (κ2) is 13.4. The fraction of sp³-hybridized carbons (Fsp3) is 0.324. The van der Waals surface area contributed by atoms with E-state index in [4.69, 9.17) is 9.05 Å². The maximum absolute atomic E-state index is 12.9. The van der Waals surface area contributed by atoms with Crippen LogP contribution in [0.3, 0.4) is 0 Å². The molecule has 3 aromatic carbocycles. The Morgan fingerprint density at radius 2 is 1.70 bits per heavy atom. The highest BCUT2D eigenvalue weighted by atomic mass is 31.2. The lowest BCUT2D eigenvalue weighted by Crippen LogP contribution is -2.34. The quantitative estimate of drug-likeness (QED) is 0.132. The Morgan fingerprint density at radius 1 is 0.925 bits per heavy atom. The molecule has 4 aromatic rings. The van der Waals surface area contributed by atoms with Gasteiger partial charge in [-0.15, -0.1) is 0 Å². The first kappa shape index (κ1) is 28.3. The lowest BCUT2D eigenvalue weighted by atomic mass is 9.98. The molecule has 1 aromatic heterocycles. The van der Waals surface area contributed by atoms with Crippen molar-refractivity contribution in [2.75, 3.05) is 30.8 Å². The van der Waals surface area contributed by atoms with Crippen molar-refractivity contribution in [2.45, 2.75) is 46.2 Å². The topological polar surface area (TPSA) is 42.7 Å². The van der Waals surface area contributed by atoms with Gasteiger partial charge in [0.1, 0.15) is 6.54 Å². The third kappa shape index (κ3) is 6.90. The van der Waals surface area contributed by atoms with E-state index >= 15 is 0 Å². The van der Waals surface area contributed by atoms with E-state index in [0.29, 0.717) is 19.4 Å². The number of para-hydroxylation sites is 1. The van der Waals surface area contributed by atoms with Crippen LogP contribution < -0.4 is 9.47 Å². The van der Waals surface area contributed by atoms with Crippen LogP contribution in [0.15, 0.2) is 85.1 Å². The van der Waals surface area contributed by atoms with E-state index in [1.807, 2.05) is 13.8 Å². The number of anilines is 1. The summed E-state index contributed by atoms with van der Waals surface area (Å²) in [6.45, 7) is 7.29. The van der Waals surface area contributed by atoms with E-state index in [9.17, 15) is 4.57 Å². The summed E-state index contributed by atoms with van der Waals surface area (Å²) in [7, 11) is -3.03. The fourth-order valence-corrected chi connectivity index (χ4v) is 7.24. The van der Waals surface area contributed by atoms with Gasteiger partial charge in [0, 0.05) is 37.3 Å². The van der Waals surface area contributed by atoms with E-state index in [-0.39, 0.29) is 0 Å². The van der Waals surface area contributed by atoms with Crippen LogP contribution in [0.25, 0.3) is 23.1 Å². The second-order valence-electron chi connectivity index (χ2n) is 10.2. The van der Waals surface area contributed by atoms with Crippen molar-refractivity contribution in [1.29, 1.82) is 0 Å². The van der Waals surface area contributed by atoms with Crippen molar-refractivity contribution in [1.82, 2.24) is 0 Å². The molecular formula is C34H40N2O3P+. The first-order valence-corrected chi connectivity index (χ1v) is 16.2. The number of nitrogens with zero attached hydrogens (tertiary/aromatic N) is 2. The number of fused-ring (bicyclic) bond motifs is 2.